The standard InChI is InChI=1S/C12H12N4OS/c1-7-13-9-6-4-3-5-8(9)10-11(17-7)14-12(18-2)16-15-10/h3-7,13H,1-2H3/t7-/m1/s1. The van der Waals surface area contributed by atoms with Crippen molar-refractivity contribution in [1.82, 2.24) is 15.2 Å². The Hall–Kier alpha value is -1.82. The van der Waals surface area contributed by atoms with Crippen LogP contribution in [0.1, 0.15) is 6.92 Å². The largest absolute Gasteiger partial charge is 0.452 e. The third-order valence-electron chi connectivity index (χ3n) is 2.65. The zero-order valence-corrected chi connectivity index (χ0v) is 10.9. The summed E-state index contributed by atoms with van der Waals surface area (Å²) in [5, 5.41) is 12.2. The maximum absolute atomic E-state index is 5.74. The second kappa shape index (κ2) is 4.45. The van der Waals surface area contributed by atoms with E-state index in [0.717, 1.165) is 11.3 Å². The Morgan fingerprint density at radius 1 is 1.28 bits per heavy atom. The molecule has 2 heterocycles. The average Bonchev–Trinajstić information content (AvgIpc) is 2.53. The highest BCUT2D eigenvalue weighted by atomic mass is 32.2. The predicted molar refractivity (Wildman–Crippen MR) is 70.8 cm³/mol. The summed E-state index contributed by atoms with van der Waals surface area (Å²) in [6.07, 6.45) is 1.76. The van der Waals surface area contributed by atoms with Crippen molar-refractivity contribution < 1.29 is 4.74 Å². The van der Waals surface area contributed by atoms with Crippen LogP contribution in [-0.2, 0) is 0 Å². The molecule has 1 aromatic heterocycles. The van der Waals surface area contributed by atoms with Gasteiger partial charge in [-0.1, -0.05) is 30.0 Å². The summed E-state index contributed by atoms with van der Waals surface area (Å²) < 4.78 is 5.74. The topological polar surface area (TPSA) is 59.9 Å². The normalized spacial score (nSPS) is 16.9. The van der Waals surface area contributed by atoms with Crippen molar-refractivity contribution in [2.75, 3.05) is 11.6 Å². The van der Waals surface area contributed by atoms with Crippen molar-refractivity contribution in [2.45, 2.75) is 18.3 Å². The molecule has 0 saturated heterocycles. The molecule has 0 unspecified atom stereocenters. The van der Waals surface area contributed by atoms with Gasteiger partial charge >= 0.3 is 0 Å². The van der Waals surface area contributed by atoms with Gasteiger partial charge in [0.1, 0.15) is 0 Å². The van der Waals surface area contributed by atoms with Crippen molar-refractivity contribution in [3.8, 4) is 17.1 Å². The van der Waals surface area contributed by atoms with Crippen LogP contribution < -0.4 is 10.1 Å². The summed E-state index contributed by atoms with van der Waals surface area (Å²) in [6, 6.07) is 7.91. The number of aromatic nitrogens is 3. The van der Waals surface area contributed by atoms with E-state index in [9.17, 15) is 0 Å². The monoisotopic (exact) mass is 260 g/mol. The number of nitrogens with zero attached hydrogens (tertiary/aromatic N) is 3. The van der Waals surface area contributed by atoms with E-state index in [0.29, 0.717) is 16.7 Å². The van der Waals surface area contributed by atoms with E-state index in [1.54, 1.807) is 0 Å². The number of hydrogen-bond acceptors (Lipinski definition) is 6. The molecule has 1 N–H and O–H groups in total. The minimum atomic E-state index is -0.154. The van der Waals surface area contributed by atoms with Crippen LogP contribution in [0.4, 0.5) is 5.69 Å². The number of fused-ring (bicyclic) bond motifs is 3. The Bertz CT molecular complexity index is 590. The molecule has 1 aliphatic heterocycles. The van der Waals surface area contributed by atoms with Crippen LogP contribution in [0.25, 0.3) is 11.3 Å². The van der Waals surface area contributed by atoms with E-state index in [1.165, 1.54) is 11.8 Å². The summed E-state index contributed by atoms with van der Waals surface area (Å²) in [6.45, 7) is 1.94. The number of thioether (sulfide) groups is 1. The zero-order chi connectivity index (χ0) is 12.5. The SMILES string of the molecule is CSc1nnc2c(n1)O[C@H](C)Nc1ccccc1-2. The fourth-order valence-corrected chi connectivity index (χ4v) is 2.16. The van der Waals surface area contributed by atoms with Gasteiger partial charge in [0, 0.05) is 11.3 Å². The van der Waals surface area contributed by atoms with Crippen LogP contribution in [0.5, 0.6) is 5.88 Å². The number of benzene rings is 1. The summed E-state index contributed by atoms with van der Waals surface area (Å²) in [4.78, 5) is 4.37. The van der Waals surface area contributed by atoms with E-state index in [4.69, 9.17) is 4.74 Å². The Kier molecular flexibility index (Phi) is 2.79. The van der Waals surface area contributed by atoms with Gasteiger partial charge in [0.2, 0.25) is 11.0 Å². The van der Waals surface area contributed by atoms with Gasteiger partial charge in [-0.25, -0.2) is 0 Å². The second-order valence-electron chi connectivity index (χ2n) is 3.90. The smallest absolute Gasteiger partial charge is 0.247 e. The molecule has 2 aromatic rings. The van der Waals surface area contributed by atoms with Gasteiger partial charge in [0.15, 0.2) is 11.9 Å². The molecule has 0 radical (unpaired) electrons. The van der Waals surface area contributed by atoms with Crippen molar-refractivity contribution in [3.05, 3.63) is 24.3 Å². The molecule has 92 valence electrons. The van der Waals surface area contributed by atoms with Crippen molar-refractivity contribution in [2.24, 2.45) is 0 Å². The van der Waals surface area contributed by atoms with Gasteiger partial charge in [-0.05, 0) is 19.2 Å². The molecule has 0 fully saturated rings. The van der Waals surface area contributed by atoms with E-state index in [1.807, 2.05) is 37.4 Å². The third kappa shape index (κ3) is 1.88. The highest BCUT2D eigenvalue weighted by Crippen LogP contribution is 2.35. The molecule has 18 heavy (non-hydrogen) atoms. The molecular formula is C12H12N4OS. The number of para-hydroxylation sites is 1. The van der Waals surface area contributed by atoms with Gasteiger partial charge in [-0.15, -0.1) is 10.2 Å². The molecule has 1 aliphatic rings. The number of nitrogens with one attached hydrogen (secondary N) is 1. The van der Waals surface area contributed by atoms with Crippen molar-refractivity contribution >= 4 is 17.4 Å². The summed E-state index contributed by atoms with van der Waals surface area (Å²) in [5.41, 5.74) is 2.63. The minimum Gasteiger partial charge on any atom is -0.452 e. The summed E-state index contributed by atoms with van der Waals surface area (Å²) in [5.74, 6) is 0.527. The number of rotatable bonds is 1. The highest BCUT2D eigenvalue weighted by molar-refractivity contribution is 7.98. The molecule has 0 aliphatic carbocycles. The molecular weight excluding hydrogens is 248 g/mol. The predicted octanol–water partition coefficient (Wildman–Crippen LogP) is 2.41. The van der Waals surface area contributed by atoms with Gasteiger partial charge in [-0.3, -0.25) is 0 Å². The first-order chi connectivity index (χ1) is 8.78. The molecule has 0 saturated carbocycles. The Balaban J connectivity index is 2.20. The van der Waals surface area contributed by atoms with Gasteiger partial charge in [0.05, 0.1) is 0 Å². The summed E-state index contributed by atoms with van der Waals surface area (Å²) >= 11 is 1.45. The number of hydrogen-bond donors (Lipinski definition) is 1. The van der Waals surface area contributed by atoms with Crippen LogP contribution in [0, 0.1) is 0 Å². The number of ether oxygens (including phenoxy) is 1. The van der Waals surface area contributed by atoms with E-state index >= 15 is 0 Å². The molecule has 1 atom stereocenters. The van der Waals surface area contributed by atoms with E-state index in [2.05, 4.69) is 20.5 Å². The lowest BCUT2D eigenvalue weighted by Crippen LogP contribution is -2.21. The Morgan fingerprint density at radius 2 is 2.11 bits per heavy atom. The molecule has 0 bridgehead atoms. The molecule has 6 heteroatoms. The molecule has 0 spiro atoms. The zero-order valence-electron chi connectivity index (χ0n) is 10.0. The highest BCUT2D eigenvalue weighted by Gasteiger charge is 2.22. The van der Waals surface area contributed by atoms with Crippen LogP contribution >= 0.6 is 11.8 Å². The molecule has 3 rings (SSSR count). The lowest BCUT2D eigenvalue weighted by atomic mass is 10.1. The van der Waals surface area contributed by atoms with Crippen LogP contribution in [0.2, 0.25) is 0 Å². The maximum Gasteiger partial charge on any atom is 0.247 e. The first-order valence-corrected chi connectivity index (χ1v) is 6.81. The van der Waals surface area contributed by atoms with E-state index < -0.39 is 0 Å². The lowest BCUT2D eigenvalue weighted by molar-refractivity contribution is 0.240. The van der Waals surface area contributed by atoms with Crippen molar-refractivity contribution in [3.63, 3.8) is 0 Å². The fraction of sp³-hybridized carbons (Fsp3) is 0.250. The van der Waals surface area contributed by atoms with Crippen molar-refractivity contribution in [1.29, 1.82) is 0 Å². The van der Waals surface area contributed by atoms with E-state index in [-0.39, 0.29) is 6.23 Å². The van der Waals surface area contributed by atoms with Gasteiger partial charge < -0.3 is 10.1 Å². The van der Waals surface area contributed by atoms with Crippen LogP contribution in [0.15, 0.2) is 29.4 Å². The third-order valence-corrected chi connectivity index (χ3v) is 3.19. The fourth-order valence-electron chi connectivity index (χ4n) is 1.87. The molecule has 5 nitrogen and oxygen atoms in total. The summed E-state index contributed by atoms with van der Waals surface area (Å²) in [7, 11) is 0. The molecule has 1 aromatic carbocycles. The van der Waals surface area contributed by atoms with Gasteiger partial charge in [0.25, 0.3) is 0 Å². The second-order valence-corrected chi connectivity index (χ2v) is 4.68. The van der Waals surface area contributed by atoms with Gasteiger partial charge in [-0.2, -0.15) is 4.98 Å². The molecule has 0 amide bonds. The minimum absolute atomic E-state index is 0.154. The van der Waals surface area contributed by atoms with Crippen LogP contribution in [-0.4, -0.2) is 27.7 Å². The first-order valence-electron chi connectivity index (χ1n) is 5.59. The quantitative estimate of drug-likeness (QED) is 0.795. The Morgan fingerprint density at radius 3 is 2.94 bits per heavy atom. The lowest BCUT2D eigenvalue weighted by Gasteiger charge is -2.13. The Labute approximate surface area is 109 Å². The average molecular weight is 260 g/mol. The number of anilines is 1. The van der Waals surface area contributed by atoms with Crippen LogP contribution in [0.3, 0.4) is 0 Å². The first kappa shape index (κ1) is 11.3. The maximum atomic E-state index is 5.74.